The third-order valence-electron chi connectivity index (χ3n) is 4.08. The molecule has 0 spiro atoms. The van der Waals surface area contributed by atoms with Crippen LogP contribution in [0.5, 0.6) is 0 Å². The quantitative estimate of drug-likeness (QED) is 0.877. The zero-order valence-corrected chi connectivity index (χ0v) is 13.6. The number of likely N-dealkylation sites (N-methyl/N-ethyl adjacent to an activating group) is 1. The van der Waals surface area contributed by atoms with Gasteiger partial charge in [-0.3, -0.25) is 9.69 Å². The van der Waals surface area contributed by atoms with Crippen molar-refractivity contribution in [1.82, 2.24) is 4.90 Å². The first-order valence-electron chi connectivity index (χ1n) is 6.97. The van der Waals surface area contributed by atoms with Crippen LogP contribution in [-0.4, -0.2) is 41.8 Å². The monoisotopic (exact) mass is 359 g/mol. The molecule has 6 heteroatoms. The fourth-order valence-electron chi connectivity index (χ4n) is 2.87. The molecule has 3 unspecified atom stereocenters. The van der Waals surface area contributed by atoms with Crippen molar-refractivity contribution in [2.75, 3.05) is 19.8 Å². The Morgan fingerprint density at radius 2 is 2.29 bits per heavy atom. The molecule has 1 aromatic rings. The summed E-state index contributed by atoms with van der Waals surface area (Å²) in [6, 6.07) is 4.73. The van der Waals surface area contributed by atoms with E-state index >= 15 is 0 Å². The van der Waals surface area contributed by atoms with Gasteiger partial charge in [-0.25, -0.2) is 4.39 Å². The van der Waals surface area contributed by atoms with E-state index in [4.69, 9.17) is 4.74 Å². The Balaban J connectivity index is 2.23. The van der Waals surface area contributed by atoms with Gasteiger partial charge >= 0.3 is 5.97 Å². The van der Waals surface area contributed by atoms with Crippen LogP contribution in [0, 0.1) is 11.7 Å². The van der Waals surface area contributed by atoms with E-state index in [1.54, 1.807) is 12.1 Å². The molecule has 0 bridgehead atoms. The number of hydrogen-bond acceptors (Lipinski definition) is 3. The SMILES string of the molecule is CCN(C(C)c1ccc(F)c(Br)c1)C1COCC1C(=O)O. The van der Waals surface area contributed by atoms with Gasteiger partial charge in [0.25, 0.3) is 0 Å². The number of ether oxygens (including phenoxy) is 1. The summed E-state index contributed by atoms with van der Waals surface area (Å²) in [7, 11) is 0. The molecule has 3 atom stereocenters. The normalized spacial score (nSPS) is 23.5. The van der Waals surface area contributed by atoms with Crippen LogP contribution in [0.3, 0.4) is 0 Å². The van der Waals surface area contributed by atoms with E-state index in [1.807, 2.05) is 13.8 Å². The lowest BCUT2D eigenvalue weighted by Gasteiger charge is -2.35. The van der Waals surface area contributed by atoms with Crippen LogP contribution in [0.15, 0.2) is 22.7 Å². The molecule has 1 heterocycles. The van der Waals surface area contributed by atoms with E-state index in [2.05, 4.69) is 20.8 Å². The number of hydrogen-bond donors (Lipinski definition) is 1. The summed E-state index contributed by atoms with van der Waals surface area (Å²) in [6.45, 7) is 5.36. The van der Waals surface area contributed by atoms with Gasteiger partial charge in [-0.15, -0.1) is 0 Å². The summed E-state index contributed by atoms with van der Waals surface area (Å²) in [6.07, 6.45) is 0. The van der Waals surface area contributed by atoms with E-state index in [9.17, 15) is 14.3 Å². The molecule has 1 aromatic carbocycles. The average Bonchev–Trinajstić information content (AvgIpc) is 2.92. The summed E-state index contributed by atoms with van der Waals surface area (Å²) in [4.78, 5) is 13.4. The van der Waals surface area contributed by atoms with Gasteiger partial charge in [-0.1, -0.05) is 13.0 Å². The number of benzene rings is 1. The van der Waals surface area contributed by atoms with Crippen LogP contribution < -0.4 is 0 Å². The molecule has 0 aliphatic carbocycles. The fraction of sp³-hybridized carbons (Fsp3) is 0.533. The number of carbonyl (C=O) groups is 1. The van der Waals surface area contributed by atoms with Crippen LogP contribution in [0.25, 0.3) is 0 Å². The Labute approximate surface area is 132 Å². The first kappa shape index (κ1) is 16.4. The Morgan fingerprint density at radius 3 is 2.86 bits per heavy atom. The van der Waals surface area contributed by atoms with Gasteiger partial charge in [0.15, 0.2) is 0 Å². The lowest BCUT2D eigenvalue weighted by Crippen LogP contribution is -2.44. The number of carboxylic acids is 1. The van der Waals surface area contributed by atoms with Gasteiger partial charge in [0.2, 0.25) is 0 Å². The molecule has 2 rings (SSSR count). The molecule has 0 radical (unpaired) electrons. The largest absolute Gasteiger partial charge is 0.481 e. The highest BCUT2D eigenvalue weighted by atomic mass is 79.9. The van der Waals surface area contributed by atoms with Crippen molar-refractivity contribution in [2.24, 2.45) is 5.92 Å². The predicted molar refractivity (Wildman–Crippen MR) is 80.6 cm³/mol. The minimum atomic E-state index is -0.830. The molecule has 4 nitrogen and oxygen atoms in total. The van der Waals surface area contributed by atoms with Crippen molar-refractivity contribution in [3.63, 3.8) is 0 Å². The molecule has 1 aliphatic heterocycles. The molecule has 1 fully saturated rings. The molecule has 0 aromatic heterocycles. The highest BCUT2D eigenvalue weighted by Crippen LogP contribution is 2.30. The van der Waals surface area contributed by atoms with Crippen molar-refractivity contribution in [1.29, 1.82) is 0 Å². The molecule has 0 saturated carbocycles. The molecule has 0 amide bonds. The van der Waals surface area contributed by atoms with Gasteiger partial charge in [-0.05, 0) is 47.1 Å². The molecule has 1 N–H and O–H groups in total. The molecular weight excluding hydrogens is 341 g/mol. The highest BCUT2D eigenvalue weighted by Gasteiger charge is 2.39. The van der Waals surface area contributed by atoms with Gasteiger partial charge < -0.3 is 9.84 Å². The molecular formula is C15H19BrFNO3. The van der Waals surface area contributed by atoms with Gasteiger partial charge in [0.05, 0.1) is 23.6 Å². The third-order valence-corrected chi connectivity index (χ3v) is 4.69. The number of carboxylic acid groups (broad SMARTS) is 1. The van der Waals surface area contributed by atoms with Gasteiger partial charge in [-0.2, -0.15) is 0 Å². The van der Waals surface area contributed by atoms with Gasteiger partial charge in [0.1, 0.15) is 5.82 Å². The van der Waals surface area contributed by atoms with Crippen LogP contribution >= 0.6 is 15.9 Å². The van der Waals surface area contributed by atoms with E-state index in [-0.39, 0.29) is 24.5 Å². The summed E-state index contributed by atoms with van der Waals surface area (Å²) in [5.74, 6) is -1.65. The topological polar surface area (TPSA) is 49.8 Å². The summed E-state index contributed by atoms with van der Waals surface area (Å²) < 4.78 is 19.1. The van der Waals surface area contributed by atoms with Crippen molar-refractivity contribution >= 4 is 21.9 Å². The molecule has 1 saturated heterocycles. The van der Waals surface area contributed by atoms with Gasteiger partial charge in [0, 0.05) is 12.1 Å². The zero-order chi connectivity index (χ0) is 15.6. The zero-order valence-electron chi connectivity index (χ0n) is 12.1. The summed E-state index contributed by atoms with van der Waals surface area (Å²) in [5, 5.41) is 9.30. The second-order valence-electron chi connectivity index (χ2n) is 5.23. The highest BCUT2D eigenvalue weighted by molar-refractivity contribution is 9.10. The predicted octanol–water partition coefficient (Wildman–Crippen LogP) is 3.07. The second kappa shape index (κ2) is 6.85. The smallest absolute Gasteiger partial charge is 0.310 e. The minimum Gasteiger partial charge on any atom is -0.481 e. The second-order valence-corrected chi connectivity index (χ2v) is 6.08. The Hall–Kier alpha value is -0.980. The first-order valence-corrected chi connectivity index (χ1v) is 7.76. The van der Waals surface area contributed by atoms with E-state index in [0.717, 1.165) is 5.56 Å². The Bertz CT molecular complexity index is 526. The number of aliphatic carboxylic acids is 1. The Morgan fingerprint density at radius 1 is 1.57 bits per heavy atom. The molecule has 116 valence electrons. The maximum absolute atomic E-state index is 13.4. The maximum atomic E-state index is 13.4. The number of halogens is 2. The standard InChI is InChI=1S/C15H19BrFNO3/c1-3-18(14-8-21-7-11(14)15(19)20)9(2)10-4-5-13(17)12(16)6-10/h4-6,9,11,14H,3,7-8H2,1-2H3,(H,19,20). The van der Waals surface area contributed by atoms with Crippen molar-refractivity contribution in [3.05, 3.63) is 34.1 Å². The van der Waals surface area contributed by atoms with E-state index in [1.165, 1.54) is 6.07 Å². The lowest BCUT2D eigenvalue weighted by molar-refractivity contribution is -0.143. The van der Waals surface area contributed by atoms with Crippen LogP contribution in [-0.2, 0) is 9.53 Å². The van der Waals surface area contributed by atoms with E-state index in [0.29, 0.717) is 17.6 Å². The molecule has 1 aliphatic rings. The Kier molecular flexibility index (Phi) is 5.35. The summed E-state index contributed by atoms with van der Waals surface area (Å²) in [5.41, 5.74) is 0.946. The van der Waals surface area contributed by atoms with Crippen molar-refractivity contribution in [2.45, 2.75) is 25.9 Å². The van der Waals surface area contributed by atoms with E-state index < -0.39 is 11.9 Å². The van der Waals surface area contributed by atoms with Crippen LogP contribution in [0.1, 0.15) is 25.5 Å². The third kappa shape index (κ3) is 3.44. The molecule has 21 heavy (non-hydrogen) atoms. The van der Waals surface area contributed by atoms with Crippen molar-refractivity contribution in [3.8, 4) is 0 Å². The number of nitrogens with zero attached hydrogens (tertiary/aromatic N) is 1. The van der Waals surface area contributed by atoms with Crippen LogP contribution in [0.2, 0.25) is 0 Å². The lowest BCUT2D eigenvalue weighted by atomic mass is 9.98. The summed E-state index contributed by atoms with van der Waals surface area (Å²) >= 11 is 3.19. The first-order chi connectivity index (χ1) is 9.95. The number of rotatable bonds is 5. The van der Waals surface area contributed by atoms with Crippen molar-refractivity contribution < 1.29 is 19.0 Å². The minimum absolute atomic E-state index is 0.0135. The maximum Gasteiger partial charge on any atom is 0.310 e. The fourth-order valence-corrected chi connectivity index (χ4v) is 3.26. The average molecular weight is 360 g/mol. The van der Waals surface area contributed by atoms with Crippen LogP contribution in [0.4, 0.5) is 4.39 Å².